The van der Waals surface area contributed by atoms with Crippen LogP contribution in [0.25, 0.3) is 6.08 Å². The van der Waals surface area contributed by atoms with E-state index in [1.54, 1.807) is 7.05 Å². The van der Waals surface area contributed by atoms with Crippen molar-refractivity contribution in [2.45, 2.75) is 53.1 Å². The number of nitrogens with zero attached hydrogens (tertiary/aromatic N) is 3. The highest BCUT2D eigenvalue weighted by Crippen LogP contribution is 2.31. The number of fused-ring (bicyclic) bond motifs is 1. The lowest BCUT2D eigenvalue weighted by molar-refractivity contribution is -0.119. The number of carbonyl (C=O) groups excluding carboxylic acids is 2. The molecule has 2 N–H and O–H groups in total. The molecule has 1 aromatic heterocycles. The number of aromatic nitrogens is 2. The van der Waals surface area contributed by atoms with Crippen molar-refractivity contribution in [1.82, 2.24) is 25.1 Å². The zero-order valence-corrected chi connectivity index (χ0v) is 17.9. The Morgan fingerprint density at radius 1 is 1.25 bits per heavy atom. The summed E-state index contributed by atoms with van der Waals surface area (Å²) in [5, 5.41) is 5.15. The minimum Gasteiger partial charge on any atom is -0.358 e. The van der Waals surface area contributed by atoms with Crippen molar-refractivity contribution in [3.05, 3.63) is 23.3 Å². The topological polar surface area (TPSA) is 79.3 Å². The number of rotatable bonds is 5. The fourth-order valence-electron chi connectivity index (χ4n) is 2.90. The molecule has 28 heavy (non-hydrogen) atoms. The Hall–Kier alpha value is -2.15. The van der Waals surface area contributed by atoms with Crippen molar-refractivity contribution < 1.29 is 9.59 Å². The van der Waals surface area contributed by atoms with E-state index in [0.29, 0.717) is 18.2 Å². The molecule has 1 fully saturated rings. The molecular weight excluding hydrogens is 354 g/mol. The highest BCUT2D eigenvalue weighted by molar-refractivity contribution is 5.96. The standard InChI is InChI=1S/C17H25N5O2.C4H10/c1-18-15(23)10-19-17(24)16-13-11-21(2)8-3-9-22(13)14(20-16)7-6-12-4-5-12;1-4(2)3/h6-7,12H,3-5,8-11H2,1-2H3,(H,18,23)(H,19,24);4H,1-3H3/b7-6+;. The average Bonchev–Trinajstić information content (AvgIpc) is 3.43. The van der Waals surface area contributed by atoms with Crippen LogP contribution in [0, 0.1) is 11.8 Å². The lowest BCUT2D eigenvalue weighted by atomic mass is 10.3. The lowest BCUT2D eigenvalue weighted by Crippen LogP contribution is -2.36. The Morgan fingerprint density at radius 3 is 2.54 bits per heavy atom. The number of allylic oxidation sites excluding steroid dienone is 1. The second-order valence-electron chi connectivity index (χ2n) is 8.29. The minimum atomic E-state index is -0.288. The second kappa shape index (κ2) is 10.4. The third kappa shape index (κ3) is 6.78. The highest BCUT2D eigenvalue weighted by Gasteiger charge is 2.25. The Morgan fingerprint density at radius 2 is 1.93 bits per heavy atom. The first-order valence-corrected chi connectivity index (χ1v) is 10.3. The molecule has 0 bridgehead atoms. The predicted octanol–water partition coefficient (Wildman–Crippen LogP) is 2.28. The quantitative estimate of drug-likeness (QED) is 0.810. The van der Waals surface area contributed by atoms with Crippen molar-refractivity contribution in [2.75, 3.05) is 27.2 Å². The molecule has 1 saturated carbocycles. The van der Waals surface area contributed by atoms with Gasteiger partial charge in [-0.25, -0.2) is 4.98 Å². The van der Waals surface area contributed by atoms with E-state index in [2.05, 4.69) is 59.0 Å². The van der Waals surface area contributed by atoms with Gasteiger partial charge in [0.1, 0.15) is 5.82 Å². The van der Waals surface area contributed by atoms with Crippen LogP contribution in [0.5, 0.6) is 0 Å². The monoisotopic (exact) mass is 389 g/mol. The molecule has 2 heterocycles. The summed E-state index contributed by atoms with van der Waals surface area (Å²) in [5.74, 6) is 1.83. The number of carbonyl (C=O) groups is 2. The SMILES string of the molecule is CC(C)C.CNC(=O)CNC(=O)c1nc(/C=C/C2CC2)n2c1CN(C)CCC2. The summed E-state index contributed by atoms with van der Waals surface area (Å²) in [4.78, 5) is 30.6. The van der Waals surface area contributed by atoms with E-state index in [-0.39, 0.29) is 18.4 Å². The van der Waals surface area contributed by atoms with Crippen LogP contribution in [0.4, 0.5) is 0 Å². The van der Waals surface area contributed by atoms with Gasteiger partial charge in [0.15, 0.2) is 5.69 Å². The van der Waals surface area contributed by atoms with Gasteiger partial charge in [-0.05, 0) is 50.8 Å². The maximum Gasteiger partial charge on any atom is 0.272 e. The molecule has 1 aromatic rings. The van der Waals surface area contributed by atoms with Gasteiger partial charge in [-0.3, -0.25) is 9.59 Å². The minimum absolute atomic E-state index is 0.0370. The number of amides is 2. The molecule has 0 aromatic carbocycles. The molecule has 3 rings (SSSR count). The van der Waals surface area contributed by atoms with Crippen LogP contribution in [0.2, 0.25) is 0 Å². The smallest absolute Gasteiger partial charge is 0.272 e. The first-order chi connectivity index (χ1) is 13.3. The van der Waals surface area contributed by atoms with E-state index >= 15 is 0 Å². The van der Waals surface area contributed by atoms with E-state index in [0.717, 1.165) is 36.9 Å². The molecule has 156 valence electrons. The maximum absolute atomic E-state index is 12.5. The van der Waals surface area contributed by atoms with Crippen LogP contribution >= 0.6 is 0 Å². The van der Waals surface area contributed by atoms with Crippen LogP contribution in [0.3, 0.4) is 0 Å². The Kier molecular flexibility index (Phi) is 8.23. The summed E-state index contributed by atoms with van der Waals surface area (Å²) in [6.07, 6.45) is 7.75. The average molecular weight is 390 g/mol. The van der Waals surface area contributed by atoms with E-state index < -0.39 is 0 Å². The van der Waals surface area contributed by atoms with Crippen LogP contribution in [-0.2, 0) is 17.9 Å². The highest BCUT2D eigenvalue weighted by atomic mass is 16.2. The van der Waals surface area contributed by atoms with Crippen LogP contribution < -0.4 is 10.6 Å². The van der Waals surface area contributed by atoms with Crippen molar-refractivity contribution in [3.8, 4) is 0 Å². The Balaban J connectivity index is 0.000000640. The van der Waals surface area contributed by atoms with E-state index in [1.165, 1.54) is 12.8 Å². The van der Waals surface area contributed by atoms with Gasteiger partial charge in [-0.2, -0.15) is 0 Å². The molecule has 2 aliphatic rings. The molecule has 0 atom stereocenters. The van der Waals surface area contributed by atoms with Gasteiger partial charge in [0, 0.05) is 20.1 Å². The van der Waals surface area contributed by atoms with Crippen LogP contribution in [0.1, 0.15) is 62.0 Å². The Bertz CT molecular complexity index is 701. The number of nitrogens with one attached hydrogen (secondary N) is 2. The largest absolute Gasteiger partial charge is 0.358 e. The summed E-state index contributed by atoms with van der Waals surface area (Å²) in [7, 11) is 3.60. The summed E-state index contributed by atoms with van der Waals surface area (Å²) >= 11 is 0. The third-order valence-corrected chi connectivity index (χ3v) is 4.49. The number of hydrogen-bond acceptors (Lipinski definition) is 4. The fraction of sp³-hybridized carbons (Fsp3) is 0.667. The first kappa shape index (κ1) is 22.1. The van der Waals surface area contributed by atoms with Crippen molar-refractivity contribution in [3.63, 3.8) is 0 Å². The third-order valence-electron chi connectivity index (χ3n) is 4.49. The van der Waals surface area contributed by atoms with Crippen molar-refractivity contribution in [2.24, 2.45) is 11.8 Å². The summed E-state index contributed by atoms with van der Waals surface area (Å²) in [6.45, 7) is 9.00. The van der Waals surface area contributed by atoms with E-state index in [9.17, 15) is 9.59 Å². The van der Waals surface area contributed by atoms with Crippen LogP contribution in [-0.4, -0.2) is 53.5 Å². The molecular formula is C21H35N5O2. The zero-order chi connectivity index (χ0) is 20.7. The van der Waals surface area contributed by atoms with E-state index in [1.807, 2.05) is 6.08 Å². The molecule has 1 aliphatic heterocycles. The van der Waals surface area contributed by atoms with Crippen molar-refractivity contribution in [1.29, 1.82) is 0 Å². The molecule has 1 aliphatic carbocycles. The summed E-state index contributed by atoms with van der Waals surface area (Å²) in [5.41, 5.74) is 1.36. The zero-order valence-electron chi connectivity index (χ0n) is 17.9. The van der Waals surface area contributed by atoms with Gasteiger partial charge in [0.05, 0.1) is 12.2 Å². The van der Waals surface area contributed by atoms with Gasteiger partial charge in [0.2, 0.25) is 5.91 Å². The van der Waals surface area contributed by atoms with Gasteiger partial charge in [-0.1, -0.05) is 26.8 Å². The number of imidazole rings is 1. The van der Waals surface area contributed by atoms with E-state index in [4.69, 9.17) is 0 Å². The number of likely N-dealkylation sites (N-methyl/N-ethyl adjacent to an activating group) is 1. The molecule has 2 amide bonds. The normalized spacial score (nSPS) is 16.9. The second-order valence-corrected chi connectivity index (χ2v) is 8.29. The molecule has 0 spiro atoms. The van der Waals surface area contributed by atoms with Gasteiger partial charge >= 0.3 is 0 Å². The van der Waals surface area contributed by atoms with Gasteiger partial charge in [-0.15, -0.1) is 0 Å². The lowest BCUT2D eigenvalue weighted by Gasteiger charge is -2.13. The van der Waals surface area contributed by atoms with Crippen LogP contribution in [0.15, 0.2) is 6.08 Å². The van der Waals surface area contributed by atoms with Crippen molar-refractivity contribution >= 4 is 17.9 Å². The van der Waals surface area contributed by atoms with Gasteiger partial charge < -0.3 is 20.1 Å². The molecule has 0 saturated heterocycles. The maximum atomic E-state index is 12.5. The molecule has 0 unspecified atom stereocenters. The number of hydrogen-bond donors (Lipinski definition) is 2. The molecule has 0 radical (unpaired) electrons. The summed E-state index contributed by atoms with van der Waals surface area (Å²) < 4.78 is 2.15. The predicted molar refractivity (Wildman–Crippen MR) is 112 cm³/mol. The summed E-state index contributed by atoms with van der Waals surface area (Å²) in [6, 6.07) is 0. The fourth-order valence-corrected chi connectivity index (χ4v) is 2.90. The first-order valence-electron chi connectivity index (χ1n) is 10.3. The molecule has 7 nitrogen and oxygen atoms in total. The molecule has 7 heteroatoms. The van der Waals surface area contributed by atoms with Gasteiger partial charge in [0.25, 0.3) is 5.91 Å². The Labute approximate surface area is 168 Å².